The molecule has 0 aromatic rings. The van der Waals surface area contributed by atoms with E-state index in [1.54, 1.807) is 21.3 Å². The summed E-state index contributed by atoms with van der Waals surface area (Å²) in [5.41, 5.74) is 0. The molecule has 0 aliphatic carbocycles. The van der Waals surface area contributed by atoms with Gasteiger partial charge in [0, 0.05) is 27.4 Å². The van der Waals surface area contributed by atoms with Crippen molar-refractivity contribution in [2.24, 2.45) is 0 Å². The summed E-state index contributed by atoms with van der Waals surface area (Å²) in [5.74, 6) is 0. The van der Waals surface area contributed by atoms with E-state index >= 15 is 0 Å². The van der Waals surface area contributed by atoms with E-state index in [0.717, 1.165) is 19.0 Å². The van der Waals surface area contributed by atoms with E-state index in [-0.39, 0.29) is 0 Å². The second kappa shape index (κ2) is 20.6. The highest BCUT2D eigenvalue weighted by Crippen LogP contribution is 2.15. The molecule has 0 rings (SSSR count). The Balaban J connectivity index is 4.68. The average Bonchev–Trinajstić information content (AvgIpc) is 2.77. The maximum Gasteiger partial charge on any atom is 0.500 e. The third kappa shape index (κ3) is 14.7. The Labute approximate surface area is 196 Å². The zero-order valence-electron chi connectivity index (χ0n) is 22.1. The van der Waals surface area contributed by atoms with Gasteiger partial charge in [-0.1, -0.05) is 27.7 Å². The van der Waals surface area contributed by atoms with Gasteiger partial charge in [-0.05, 0) is 104 Å². The molecular weight excluding hydrogens is 406 g/mol. The lowest BCUT2D eigenvalue weighted by molar-refractivity contribution is 0.121. The Morgan fingerprint density at radius 2 is 0.742 bits per heavy atom. The van der Waals surface area contributed by atoms with Gasteiger partial charge in [-0.3, -0.25) is 0 Å². The molecule has 0 saturated carbocycles. The van der Waals surface area contributed by atoms with Crippen LogP contribution in [0.3, 0.4) is 0 Å². The second-order valence-electron chi connectivity index (χ2n) is 8.63. The minimum Gasteiger partial charge on any atom is -0.377 e. The molecule has 188 valence electrons. The van der Waals surface area contributed by atoms with Crippen molar-refractivity contribution in [2.45, 2.75) is 78.7 Å². The van der Waals surface area contributed by atoms with Crippen LogP contribution in [0.15, 0.2) is 0 Å². The molecule has 0 aliphatic heterocycles. The standard InChI is InChI=1S/C24H55N3O3Si/c1-8-15-25(16-9-2)19-12-21-27(22-13-20-26(17-10-3)18-11-4)23-14-24-31(28-5,29-6)30-7/h8-24H2,1-7H3. The summed E-state index contributed by atoms with van der Waals surface area (Å²) in [7, 11) is 2.67. The van der Waals surface area contributed by atoms with Gasteiger partial charge in [0.05, 0.1) is 0 Å². The monoisotopic (exact) mass is 461 g/mol. The van der Waals surface area contributed by atoms with Gasteiger partial charge in [0.25, 0.3) is 0 Å². The fraction of sp³-hybridized carbons (Fsp3) is 1.00. The summed E-state index contributed by atoms with van der Waals surface area (Å²) in [6.07, 6.45) is 8.52. The van der Waals surface area contributed by atoms with Crippen LogP contribution in [-0.4, -0.2) is 104 Å². The first kappa shape index (κ1) is 31.0. The van der Waals surface area contributed by atoms with Crippen LogP contribution in [0.5, 0.6) is 0 Å². The quantitative estimate of drug-likeness (QED) is 0.207. The molecule has 0 bridgehead atoms. The molecule has 31 heavy (non-hydrogen) atoms. The minimum absolute atomic E-state index is 0.878. The fourth-order valence-corrected chi connectivity index (χ4v) is 6.09. The highest BCUT2D eigenvalue weighted by atomic mass is 28.4. The van der Waals surface area contributed by atoms with Gasteiger partial charge < -0.3 is 28.0 Å². The lowest BCUT2D eigenvalue weighted by atomic mass is 10.2. The van der Waals surface area contributed by atoms with Gasteiger partial charge in [0.2, 0.25) is 0 Å². The lowest BCUT2D eigenvalue weighted by Gasteiger charge is -2.29. The summed E-state index contributed by atoms with van der Waals surface area (Å²) in [5, 5.41) is 0. The van der Waals surface area contributed by atoms with Crippen molar-refractivity contribution < 1.29 is 13.3 Å². The first-order valence-corrected chi connectivity index (χ1v) is 14.8. The van der Waals surface area contributed by atoms with Gasteiger partial charge in [0.15, 0.2) is 0 Å². The Bertz CT molecular complexity index is 345. The molecule has 0 radical (unpaired) electrons. The molecule has 0 N–H and O–H groups in total. The first-order chi connectivity index (χ1) is 15.0. The smallest absolute Gasteiger partial charge is 0.377 e. The maximum absolute atomic E-state index is 5.61. The third-order valence-corrected chi connectivity index (χ3v) is 8.78. The van der Waals surface area contributed by atoms with Crippen LogP contribution in [0.1, 0.15) is 72.6 Å². The molecule has 0 aromatic heterocycles. The zero-order chi connectivity index (χ0) is 23.4. The summed E-state index contributed by atoms with van der Waals surface area (Å²) in [4.78, 5) is 7.91. The lowest BCUT2D eigenvalue weighted by Crippen LogP contribution is -2.43. The van der Waals surface area contributed by atoms with Crippen LogP contribution in [0.2, 0.25) is 6.04 Å². The topological polar surface area (TPSA) is 37.4 Å². The molecule has 0 saturated heterocycles. The van der Waals surface area contributed by atoms with Gasteiger partial charge in [-0.2, -0.15) is 0 Å². The van der Waals surface area contributed by atoms with Crippen molar-refractivity contribution in [3.8, 4) is 0 Å². The third-order valence-electron chi connectivity index (χ3n) is 5.95. The molecule has 0 fully saturated rings. The molecule has 0 spiro atoms. The Morgan fingerprint density at radius 3 is 1.03 bits per heavy atom. The SMILES string of the molecule is CCCN(CCC)CCCN(CCCN(CCC)CCC)CCC[Si](OC)(OC)OC. The summed E-state index contributed by atoms with van der Waals surface area (Å²) in [6.45, 7) is 19.9. The predicted octanol–water partition coefficient (Wildman–Crippen LogP) is 4.58. The van der Waals surface area contributed by atoms with E-state index in [4.69, 9.17) is 13.3 Å². The summed E-state index contributed by atoms with van der Waals surface area (Å²) >= 11 is 0. The molecule has 0 amide bonds. The molecule has 0 aliphatic rings. The maximum atomic E-state index is 5.61. The zero-order valence-corrected chi connectivity index (χ0v) is 23.1. The van der Waals surface area contributed by atoms with E-state index in [1.807, 2.05) is 0 Å². The van der Waals surface area contributed by atoms with Crippen LogP contribution >= 0.6 is 0 Å². The van der Waals surface area contributed by atoms with Crippen LogP contribution in [0.25, 0.3) is 0 Å². The number of hydrogen-bond donors (Lipinski definition) is 0. The van der Waals surface area contributed by atoms with Crippen molar-refractivity contribution in [3.63, 3.8) is 0 Å². The summed E-state index contributed by atoms with van der Waals surface area (Å²) < 4.78 is 16.8. The molecule has 7 heteroatoms. The Morgan fingerprint density at radius 1 is 0.452 bits per heavy atom. The Hall–Kier alpha value is -0.0231. The highest BCUT2D eigenvalue weighted by Gasteiger charge is 2.37. The highest BCUT2D eigenvalue weighted by molar-refractivity contribution is 6.60. The number of nitrogens with zero attached hydrogens (tertiary/aromatic N) is 3. The molecule has 0 unspecified atom stereocenters. The normalized spacial score (nSPS) is 12.6. The van der Waals surface area contributed by atoms with Gasteiger partial charge >= 0.3 is 8.80 Å². The fourth-order valence-electron chi connectivity index (χ4n) is 4.38. The van der Waals surface area contributed by atoms with Crippen molar-refractivity contribution in [2.75, 3.05) is 80.2 Å². The molecule has 6 nitrogen and oxygen atoms in total. The summed E-state index contributed by atoms with van der Waals surface area (Å²) in [6, 6.07) is 0.878. The Kier molecular flexibility index (Phi) is 20.6. The predicted molar refractivity (Wildman–Crippen MR) is 136 cm³/mol. The minimum atomic E-state index is -2.47. The number of rotatable bonds is 23. The average molecular weight is 462 g/mol. The van der Waals surface area contributed by atoms with Crippen LogP contribution in [0.4, 0.5) is 0 Å². The first-order valence-electron chi connectivity index (χ1n) is 12.9. The second-order valence-corrected chi connectivity index (χ2v) is 11.7. The van der Waals surface area contributed by atoms with Crippen molar-refractivity contribution in [1.82, 2.24) is 14.7 Å². The van der Waals surface area contributed by atoms with Crippen LogP contribution < -0.4 is 0 Å². The van der Waals surface area contributed by atoms with Gasteiger partial charge in [-0.25, -0.2) is 0 Å². The largest absolute Gasteiger partial charge is 0.500 e. The van der Waals surface area contributed by atoms with Crippen LogP contribution in [0, 0.1) is 0 Å². The van der Waals surface area contributed by atoms with Crippen molar-refractivity contribution >= 4 is 8.80 Å². The van der Waals surface area contributed by atoms with Crippen molar-refractivity contribution in [1.29, 1.82) is 0 Å². The van der Waals surface area contributed by atoms with Gasteiger partial charge in [0.1, 0.15) is 0 Å². The van der Waals surface area contributed by atoms with E-state index in [9.17, 15) is 0 Å². The molecular formula is C24H55N3O3Si. The molecule has 0 aromatic carbocycles. The van der Waals surface area contributed by atoms with E-state index < -0.39 is 8.80 Å². The molecule has 0 atom stereocenters. The molecule has 0 heterocycles. The van der Waals surface area contributed by atoms with E-state index in [2.05, 4.69) is 42.4 Å². The van der Waals surface area contributed by atoms with E-state index in [0.29, 0.717) is 0 Å². The van der Waals surface area contributed by atoms with Crippen molar-refractivity contribution in [3.05, 3.63) is 0 Å². The van der Waals surface area contributed by atoms with Gasteiger partial charge in [-0.15, -0.1) is 0 Å². The van der Waals surface area contributed by atoms with Crippen LogP contribution in [-0.2, 0) is 13.3 Å². The number of hydrogen-bond acceptors (Lipinski definition) is 6. The van der Waals surface area contributed by atoms with E-state index in [1.165, 1.54) is 90.9 Å².